The zero-order chi connectivity index (χ0) is 14.7. The first-order valence-corrected chi connectivity index (χ1v) is 7.47. The molecule has 0 saturated heterocycles. The first kappa shape index (κ1) is 13.8. The van der Waals surface area contributed by atoms with Crippen molar-refractivity contribution in [2.24, 2.45) is 5.73 Å². The van der Waals surface area contributed by atoms with E-state index in [4.69, 9.17) is 5.73 Å². The van der Waals surface area contributed by atoms with Crippen LogP contribution < -0.4 is 5.73 Å². The van der Waals surface area contributed by atoms with Crippen LogP contribution in [0.15, 0.2) is 60.8 Å². The summed E-state index contributed by atoms with van der Waals surface area (Å²) in [7, 11) is 0. The smallest absolute Gasteiger partial charge is 0.0702 e. The van der Waals surface area contributed by atoms with Gasteiger partial charge in [0.15, 0.2) is 0 Å². The molecule has 0 aliphatic rings. The molecule has 0 radical (unpaired) electrons. The molecule has 2 heteroatoms. The third kappa shape index (κ3) is 2.96. The summed E-state index contributed by atoms with van der Waals surface area (Å²) in [5.41, 5.74) is 11.1. The maximum Gasteiger partial charge on any atom is 0.0702 e. The van der Waals surface area contributed by atoms with Crippen LogP contribution in [-0.4, -0.2) is 4.98 Å². The molecular weight excluding hydrogens is 256 g/mol. The number of aryl methyl sites for hydroxylation is 1. The van der Waals surface area contributed by atoms with Crippen molar-refractivity contribution in [1.29, 1.82) is 0 Å². The van der Waals surface area contributed by atoms with Gasteiger partial charge in [-0.3, -0.25) is 4.98 Å². The molecule has 1 unspecified atom stereocenters. The maximum atomic E-state index is 6.41. The molecule has 2 N–H and O–H groups in total. The average molecular weight is 276 g/mol. The molecule has 0 aliphatic carbocycles. The predicted molar refractivity (Wildman–Crippen MR) is 88.2 cm³/mol. The van der Waals surface area contributed by atoms with Gasteiger partial charge in [0.25, 0.3) is 0 Å². The molecule has 0 fully saturated rings. The van der Waals surface area contributed by atoms with Crippen molar-refractivity contribution in [2.75, 3.05) is 0 Å². The van der Waals surface area contributed by atoms with E-state index in [-0.39, 0.29) is 6.04 Å². The summed E-state index contributed by atoms with van der Waals surface area (Å²) in [6, 6.07) is 18.8. The number of hydrogen-bond acceptors (Lipinski definition) is 2. The average Bonchev–Trinajstić information content (AvgIpc) is 2.55. The fourth-order valence-corrected chi connectivity index (χ4v) is 2.66. The third-order valence-corrected chi connectivity index (χ3v) is 3.86. The van der Waals surface area contributed by atoms with Crippen molar-refractivity contribution in [3.8, 4) is 0 Å². The van der Waals surface area contributed by atoms with Crippen LogP contribution in [0.3, 0.4) is 0 Å². The fourth-order valence-electron chi connectivity index (χ4n) is 2.66. The standard InChI is InChI=1S/C19H20N2/c1-2-4-14-6-8-15(9-7-14)19(20)17-10-11-18-16(13-17)5-3-12-21-18/h3,5-13,19H,2,4,20H2,1H3. The molecule has 3 aromatic rings. The zero-order valence-corrected chi connectivity index (χ0v) is 12.3. The summed E-state index contributed by atoms with van der Waals surface area (Å²) >= 11 is 0. The minimum absolute atomic E-state index is 0.0923. The highest BCUT2D eigenvalue weighted by Gasteiger charge is 2.09. The molecule has 2 nitrogen and oxygen atoms in total. The Balaban J connectivity index is 1.90. The van der Waals surface area contributed by atoms with Gasteiger partial charge < -0.3 is 5.73 Å². The van der Waals surface area contributed by atoms with E-state index in [0.29, 0.717) is 0 Å². The van der Waals surface area contributed by atoms with Gasteiger partial charge in [0, 0.05) is 11.6 Å². The Kier molecular flexibility index (Phi) is 3.98. The lowest BCUT2D eigenvalue weighted by atomic mass is 9.96. The van der Waals surface area contributed by atoms with E-state index in [9.17, 15) is 0 Å². The van der Waals surface area contributed by atoms with Crippen LogP contribution in [0, 0.1) is 0 Å². The minimum atomic E-state index is -0.0923. The summed E-state index contributed by atoms with van der Waals surface area (Å²) in [5.74, 6) is 0. The third-order valence-electron chi connectivity index (χ3n) is 3.86. The van der Waals surface area contributed by atoms with Gasteiger partial charge in [-0.25, -0.2) is 0 Å². The highest BCUT2D eigenvalue weighted by molar-refractivity contribution is 5.79. The molecule has 0 spiro atoms. The van der Waals surface area contributed by atoms with Gasteiger partial charge in [0.05, 0.1) is 11.6 Å². The summed E-state index contributed by atoms with van der Waals surface area (Å²) in [4.78, 5) is 4.35. The number of fused-ring (bicyclic) bond motifs is 1. The van der Waals surface area contributed by atoms with Gasteiger partial charge in [-0.1, -0.05) is 49.7 Å². The van der Waals surface area contributed by atoms with Crippen molar-refractivity contribution in [3.63, 3.8) is 0 Å². The molecule has 0 saturated carbocycles. The Morgan fingerprint density at radius 3 is 2.52 bits per heavy atom. The quantitative estimate of drug-likeness (QED) is 0.774. The van der Waals surface area contributed by atoms with Gasteiger partial charge in [0.2, 0.25) is 0 Å². The van der Waals surface area contributed by atoms with E-state index >= 15 is 0 Å². The van der Waals surface area contributed by atoms with Crippen LogP contribution in [0.2, 0.25) is 0 Å². The molecule has 1 aromatic heterocycles. The number of aromatic nitrogens is 1. The van der Waals surface area contributed by atoms with Crippen LogP contribution in [0.4, 0.5) is 0 Å². The lowest BCUT2D eigenvalue weighted by molar-refractivity contribution is 0.867. The van der Waals surface area contributed by atoms with Crippen molar-refractivity contribution in [3.05, 3.63) is 77.5 Å². The second-order valence-electron chi connectivity index (χ2n) is 5.42. The molecule has 21 heavy (non-hydrogen) atoms. The molecule has 106 valence electrons. The van der Waals surface area contributed by atoms with E-state index in [1.165, 1.54) is 12.0 Å². The van der Waals surface area contributed by atoms with E-state index in [1.54, 1.807) is 0 Å². The van der Waals surface area contributed by atoms with Gasteiger partial charge in [0.1, 0.15) is 0 Å². The summed E-state index contributed by atoms with van der Waals surface area (Å²) in [6.45, 7) is 2.20. The van der Waals surface area contributed by atoms with Gasteiger partial charge >= 0.3 is 0 Å². The van der Waals surface area contributed by atoms with E-state index < -0.39 is 0 Å². The van der Waals surface area contributed by atoms with Gasteiger partial charge in [-0.05, 0) is 41.3 Å². The Labute approximate surface area is 125 Å². The topological polar surface area (TPSA) is 38.9 Å². The van der Waals surface area contributed by atoms with Gasteiger partial charge in [-0.2, -0.15) is 0 Å². The normalized spacial score (nSPS) is 12.5. The van der Waals surface area contributed by atoms with E-state index in [0.717, 1.165) is 28.5 Å². The number of nitrogens with zero attached hydrogens (tertiary/aromatic N) is 1. The molecule has 2 aromatic carbocycles. The Bertz CT molecular complexity index is 732. The maximum absolute atomic E-state index is 6.41. The zero-order valence-electron chi connectivity index (χ0n) is 12.3. The second-order valence-corrected chi connectivity index (χ2v) is 5.42. The number of benzene rings is 2. The van der Waals surface area contributed by atoms with Crippen LogP contribution in [0.5, 0.6) is 0 Å². The molecule has 0 bridgehead atoms. The molecular formula is C19H20N2. The predicted octanol–water partition coefficient (Wildman–Crippen LogP) is 4.24. The molecule has 0 aliphatic heterocycles. The van der Waals surface area contributed by atoms with Gasteiger partial charge in [-0.15, -0.1) is 0 Å². The first-order valence-electron chi connectivity index (χ1n) is 7.47. The number of rotatable bonds is 4. The largest absolute Gasteiger partial charge is 0.320 e. The van der Waals surface area contributed by atoms with Crippen LogP contribution >= 0.6 is 0 Å². The molecule has 1 atom stereocenters. The van der Waals surface area contributed by atoms with E-state index in [1.807, 2.05) is 18.3 Å². The van der Waals surface area contributed by atoms with E-state index in [2.05, 4.69) is 54.4 Å². The molecule has 0 amide bonds. The lowest BCUT2D eigenvalue weighted by Crippen LogP contribution is -2.11. The number of nitrogens with two attached hydrogens (primary N) is 1. The highest BCUT2D eigenvalue weighted by Crippen LogP contribution is 2.23. The lowest BCUT2D eigenvalue weighted by Gasteiger charge is -2.14. The minimum Gasteiger partial charge on any atom is -0.320 e. The summed E-state index contributed by atoms with van der Waals surface area (Å²) in [5, 5.41) is 1.13. The Morgan fingerprint density at radius 1 is 1.00 bits per heavy atom. The van der Waals surface area contributed by atoms with Crippen LogP contribution in [-0.2, 0) is 6.42 Å². The molecule has 3 rings (SSSR count). The number of pyridine rings is 1. The summed E-state index contributed by atoms with van der Waals surface area (Å²) in [6.07, 6.45) is 4.11. The van der Waals surface area contributed by atoms with Crippen molar-refractivity contribution >= 4 is 10.9 Å². The Morgan fingerprint density at radius 2 is 1.76 bits per heavy atom. The fraction of sp³-hybridized carbons (Fsp3) is 0.211. The SMILES string of the molecule is CCCc1ccc(C(N)c2ccc3ncccc3c2)cc1. The summed E-state index contributed by atoms with van der Waals surface area (Å²) < 4.78 is 0. The number of hydrogen-bond donors (Lipinski definition) is 1. The Hall–Kier alpha value is -2.19. The monoisotopic (exact) mass is 276 g/mol. The van der Waals surface area contributed by atoms with Crippen LogP contribution in [0.1, 0.15) is 36.1 Å². The first-order chi connectivity index (χ1) is 10.3. The highest BCUT2D eigenvalue weighted by atomic mass is 14.7. The van der Waals surface area contributed by atoms with Crippen molar-refractivity contribution in [2.45, 2.75) is 25.8 Å². The van der Waals surface area contributed by atoms with Crippen molar-refractivity contribution < 1.29 is 0 Å². The van der Waals surface area contributed by atoms with Crippen LogP contribution in [0.25, 0.3) is 10.9 Å². The second kappa shape index (κ2) is 6.06. The van der Waals surface area contributed by atoms with Crippen molar-refractivity contribution in [1.82, 2.24) is 4.98 Å². The molecule has 1 heterocycles.